The number of nitrogen functional groups attached to an aromatic ring is 1. The number of anilines is 1. The Morgan fingerprint density at radius 2 is 2.16 bits per heavy atom. The molecule has 0 radical (unpaired) electrons. The minimum absolute atomic E-state index is 0.102. The van der Waals surface area contributed by atoms with Crippen LogP contribution in [-0.4, -0.2) is 22.2 Å². The van der Waals surface area contributed by atoms with E-state index in [9.17, 15) is 4.79 Å². The molecular formula is C14H24N4O. The fourth-order valence-corrected chi connectivity index (χ4v) is 2.70. The molecule has 0 spiro atoms. The summed E-state index contributed by atoms with van der Waals surface area (Å²) in [7, 11) is 1.77. The Balaban J connectivity index is 2.02. The summed E-state index contributed by atoms with van der Waals surface area (Å²) in [5.41, 5.74) is 8.14. The monoisotopic (exact) mass is 264 g/mol. The van der Waals surface area contributed by atoms with E-state index in [2.05, 4.69) is 17.3 Å². The van der Waals surface area contributed by atoms with Gasteiger partial charge in [-0.05, 0) is 31.1 Å². The summed E-state index contributed by atoms with van der Waals surface area (Å²) in [4.78, 5) is 12.2. The fraction of sp³-hybridized carbons (Fsp3) is 0.714. The highest BCUT2D eigenvalue weighted by Crippen LogP contribution is 2.48. The highest BCUT2D eigenvalue weighted by Gasteiger charge is 2.41. The number of carbonyl (C=O) groups excluding carboxylic acids is 1. The summed E-state index contributed by atoms with van der Waals surface area (Å²) in [5.74, 6) is -0.102. The molecule has 5 heteroatoms. The van der Waals surface area contributed by atoms with Crippen LogP contribution in [0.1, 0.15) is 55.7 Å². The lowest BCUT2D eigenvalue weighted by molar-refractivity contribution is 0.0935. The van der Waals surface area contributed by atoms with Crippen LogP contribution in [0.5, 0.6) is 0 Å². The van der Waals surface area contributed by atoms with Crippen molar-refractivity contribution in [3.63, 3.8) is 0 Å². The van der Waals surface area contributed by atoms with Crippen LogP contribution in [-0.2, 0) is 13.5 Å². The lowest BCUT2D eigenvalue weighted by atomic mass is 10.0. The number of hydrogen-bond acceptors (Lipinski definition) is 3. The molecule has 106 valence electrons. The maximum absolute atomic E-state index is 12.2. The van der Waals surface area contributed by atoms with Crippen molar-refractivity contribution in [2.75, 3.05) is 12.3 Å². The maximum atomic E-state index is 12.2. The zero-order valence-corrected chi connectivity index (χ0v) is 12.1. The van der Waals surface area contributed by atoms with Gasteiger partial charge in [-0.3, -0.25) is 9.48 Å². The first kappa shape index (κ1) is 13.9. The van der Waals surface area contributed by atoms with Crippen molar-refractivity contribution >= 4 is 11.6 Å². The second kappa shape index (κ2) is 5.23. The van der Waals surface area contributed by atoms with Crippen molar-refractivity contribution in [2.24, 2.45) is 12.5 Å². The van der Waals surface area contributed by atoms with Crippen LogP contribution in [0.4, 0.5) is 5.69 Å². The van der Waals surface area contributed by atoms with Crippen molar-refractivity contribution in [3.8, 4) is 0 Å². The van der Waals surface area contributed by atoms with Crippen LogP contribution in [0.3, 0.4) is 0 Å². The fourth-order valence-electron chi connectivity index (χ4n) is 2.70. The van der Waals surface area contributed by atoms with Gasteiger partial charge in [0.25, 0.3) is 5.91 Å². The standard InChI is InChI=1S/C14H24N4O/c1-4-6-14(7-8-14)9-16-13(19)12-11(15)10(5-2)17-18(12)3/h4-9,15H2,1-3H3,(H,16,19). The molecule has 0 saturated heterocycles. The van der Waals surface area contributed by atoms with E-state index >= 15 is 0 Å². The van der Waals surface area contributed by atoms with E-state index in [0.29, 0.717) is 16.8 Å². The molecule has 1 saturated carbocycles. The first-order chi connectivity index (χ1) is 9.03. The lowest BCUT2D eigenvalue weighted by Gasteiger charge is -2.15. The van der Waals surface area contributed by atoms with E-state index in [0.717, 1.165) is 18.7 Å². The SMILES string of the molecule is CCCC1(CNC(=O)c2c(N)c(CC)nn2C)CC1. The highest BCUT2D eigenvalue weighted by molar-refractivity contribution is 5.98. The molecule has 0 aliphatic heterocycles. The van der Waals surface area contributed by atoms with Crippen LogP contribution in [0, 0.1) is 5.41 Å². The molecule has 1 aromatic heterocycles. The molecule has 0 aromatic carbocycles. The van der Waals surface area contributed by atoms with Gasteiger partial charge in [-0.15, -0.1) is 0 Å². The minimum atomic E-state index is -0.102. The summed E-state index contributed by atoms with van der Waals surface area (Å²) >= 11 is 0. The van der Waals surface area contributed by atoms with Crippen molar-refractivity contribution in [1.29, 1.82) is 0 Å². The molecule has 0 unspecified atom stereocenters. The normalized spacial score (nSPS) is 16.4. The van der Waals surface area contributed by atoms with Gasteiger partial charge in [-0.25, -0.2) is 0 Å². The molecule has 1 aromatic rings. The number of rotatable bonds is 6. The number of carbonyl (C=O) groups is 1. The zero-order valence-electron chi connectivity index (χ0n) is 12.1. The summed E-state index contributed by atoms with van der Waals surface area (Å²) in [6.07, 6.45) is 5.55. The van der Waals surface area contributed by atoms with Crippen LogP contribution >= 0.6 is 0 Å². The predicted molar refractivity (Wildman–Crippen MR) is 75.9 cm³/mol. The second-order valence-corrected chi connectivity index (χ2v) is 5.62. The molecule has 1 heterocycles. The Morgan fingerprint density at radius 3 is 2.63 bits per heavy atom. The smallest absolute Gasteiger partial charge is 0.271 e. The molecular weight excluding hydrogens is 240 g/mol. The van der Waals surface area contributed by atoms with E-state index in [1.165, 1.54) is 25.7 Å². The lowest BCUT2D eigenvalue weighted by Crippen LogP contribution is -2.32. The predicted octanol–water partition coefficient (Wildman–Crippen LogP) is 1.87. The Labute approximate surface area is 114 Å². The Bertz CT molecular complexity index is 474. The van der Waals surface area contributed by atoms with Crippen LogP contribution in [0.2, 0.25) is 0 Å². The first-order valence-corrected chi connectivity index (χ1v) is 7.12. The van der Waals surface area contributed by atoms with Crippen LogP contribution < -0.4 is 11.1 Å². The molecule has 1 amide bonds. The van der Waals surface area contributed by atoms with Gasteiger partial charge in [0.1, 0.15) is 5.69 Å². The van der Waals surface area contributed by atoms with Gasteiger partial charge in [0.15, 0.2) is 0 Å². The average Bonchev–Trinajstić information content (AvgIpc) is 3.07. The molecule has 1 aliphatic carbocycles. The van der Waals surface area contributed by atoms with E-state index in [1.807, 2.05) is 6.92 Å². The third-order valence-corrected chi connectivity index (χ3v) is 4.07. The van der Waals surface area contributed by atoms with Crippen molar-refractivity contribution < 1.29 is 4.79 Å². The van der Waals surface area contributed by atoms with Gasteiger partial charge >= 0.3 is 0 Å². The number of hydrogen-bond donors (Lipinski definition) is 2. The minimum Gasteiger partial charge on any atom is -0.395 e. The largest absolute Gasteiger partial charge is 0.395 e. The van der Waals surface area contributed by atoms with E-state index in [4.69, 9.17) is 5.73 Å². The molecule has 1 fully saturated rings. The maximum Gasteiger partial charge on any atom is 0.271 e. The summed E-state index contributed by atoms with van der Waals surface area (Å²) in [6, 6.07) is 0. The number of aromatic nitrogens is 2. The number of amides is 1. The number of nitrogens with one attached hydrogen (secondary N) is 1. The number of nitrogens with zero attached hydrogens (tertiary/aromatic N) is 2. The molecule has 0 bridgehead atoms. The summed E-state index contributed by atoms with van der Waals surface area (Å²) < 4.78 is 1.59. The number of aryl methyl sites for hydroxylation is 2. The zero-order chi connectivity index (χ0) is 14.0. The van der Waals surface area contributed by atoms with Crippen LogP contribution in [0.15, 0.2) is 0 Å². The second-order valence-electron chi connectivity index (χ2n) is 5.62. The van der Waals surface area contributed by atoms with Crippen molar-refractivity contribution in [2.45, 2.75) is 46.0 Å². The molecule has 0 atom stereocenters. The third-order valence-electron chi connectivity index (χ3n) is 4.07. The highest BCUT2D eigenvalue weighted by atomic mass is 16.2. The van der Waals surface area contributed by atoms with Crippen molar-refractivity contribution in [3.05, 3.63) is 11.4 Å². The Kier molecular flexibility index (Phi) is 3.83. The van der Waals surface area contributed by atoms with E-state index < -0.39 is 0 Å². The Morgan fingerprint density at radius 1 is 1.47 bits per heavy atom. The van der Waals surface area contributed by atoms with Gasteiger partial charge in [-0.2, -0.15) is 5.10 Å². The molecule has 1 aliphatic rings. The van der Waals surface area contributed by atoms with Gasteiger partial charge in [0, 0.05) is 13.6 Å². The number of nitrogens with two attached hydrogens (primary N) is 1. The molecule has 5 nitrogen and oxygen atoms in total. The van der Waals surface area contributed by atoms with E-state index in [-0.39, 0.29) is 5.91 Å². The van der Waals surface area contributed by atoms with Crippen LogP contribution in [0.25, 0.3) is 0 Å². The topological polar surface area (TPSA) is 72.9 Å². The molecule has 3 N–H and O–H groups in total. The van der Waals surface area contributed by atoms with E-state index in [1.54, 1.807) is 11.7 Å². The molecule has 19 heavy (non-hydrogen) atoms. The summed E-state index contributed by atoms with van der Waals surface area (Å²) in [5, 5.41) is 7.30. The van der Waals surface area contributed by atoms with Gasteiger partial charge in [0.2, 0.25) is 0 Å². The third kappa shape index (κ3) is 2.74. The quantitative estimate of drug-likeness (QED) is 0.824. The first-order valence-electron chi connectivity index (χ1n) is 7.12. The van der Waals surface area contributed by atoms with Crippen molar-refractivity contribution in [1.82, 2.24) is 15.1 Å². The van der Waals surface area contributed by atoms with Gasteiger partial charge in [-0.1, -0.05) is 20.3 Å². The van der Waals surface area contributed by atoms with Gasteiger partial charge < -0.3 is 11.1 Å². The average molecular weight is 264 g/mol. The molecule has 2 rings (SSSR count). The Hall–Kier alpha value is -1.52. The van der Waals surface area contributed by atoms with Gasteiger partial charge in [0.05, 0.1) is 11.4 Å². The summed E-state index contributed by atoms with van der Waals surface area (Å²) in [6.45, 7) is 4.93.